The molecule has 0 bridgehead atoms. The fourth-order valence-electron chi connectivity index (χ4n) is 3.03. The van der Waals surface area contributed by atoms with E-state index in [9.17, 15) is 13.2 Å². The summed E-state index contributed by atoms with van der Waals surface area (Å²) in [6, 6.07) is 7.32. The van der Waals surface area contributed by atoms with Gasteiger partial charge in [-0.25, -0.2) is 0 Å². The second-order valence-corrected chi connectivity index (χ2v) is 8.60. The van der Waals surface area contributed by atoms with Crippen LogP contribution in [0, 0.1) is 5.92 Å². The van der Waals surface area contributed by atoms with Gasteiger partial charge in [-0.05, 0) is 25.8 Å². The van der Waals surface area contributed by atoms with Crippen molar-refractivity contribution < 1.29 is 17.9 Å². The van der Waals surface area contributed by atoms with E-state index in [1.54, 1.807) is 7.11 Å². The lowest BCUT2D eigenvalue weighted by Crippen LogP contribution is -2.49. The average molecular weight is 369 g/mol. The minimum atomic E-state index is -3.49. The second kappa shape index (κ2) is 8.16. The van der Waals surface area contributed by atoms with Gasteiger partial charge in [0.05, 0.1) is 19.1 Å². The highest BCUT2D eigenvalue weighted by Crippen LogP contribution is 2.26. The van der Waals surface area contributed by atoms with Gasteiger partial charge in [-0.1, -0.05) is 18.2 Å². The van der Waals surface area contributed by atoms with E-state index in [1.165, 1.54) is 22.7 Å². The first kappa shape index (κ1) is 19.7. The number of amides is 1. The number of piperidine rings is 1. The molecule has 0 radical (unpaired) electrons. The van der Waals surface area contributed by atoms with Crippen LogP contribution in [0.3, 0.4) is 0 Å². The molecule has 1 saturated heterocycles. The molecule has 8 heteroatoms. The molecule has 0 aromatic heterocycles. The summed E-state index contributed by atoms with van der Waals surface area (Å²) in [6.45, 7) is 2.56. The van der Waals surface area contributed by atoms with Crippen molar-refractivity contribution in [3.63, 3.8) is 0 Å². The third-order valence-electron chi connectivity index (χ3n) is 4.51. The summed E-state index contributed by atoms with van der Waals surface area (Å²) in [4.78, 5) is 12.6. The number of nitrogens with one attached hydrogen (secondary N) is 1. The summed E-state index contributed by atoms with van der Waals surface area (Å²) < 4.78 is 32.5. The van der Waals surface area contributed by atoms with Crippen molar-refractivity contribution in [3.05, 3.63) is 29.8 Å². The molecule has 0 saturated carbocycles. The minimum absolute atomic E-state index is 0.128. The van der Waals surface area contributed by atoms with E-state index >= 15 is 0 Å². The number of hydrogen-bond donors (Lipinski definition) is 1. The molecular weight excluding hydrogens is 342 g/mol. The smallest absolute Gasteiger partial charge is 0.281 e. The Labute approximate surface area is 150 Å². The first-order chi connectivity index (χ1) is 11.8. The van der Waals surface area contributed by atoms with Gasteiger partial charge in [-0.2, -0.15) is 17.0 Å². The third-order valence-corrected chi connectivity index (χ3v) is 6.41. The highest BCUT2D eigenvalue weighted by atomic mass is 32.2. The van der Waals surface area contributed by atoms with Gasteiger partial charge < -0.3 is 10.1 Å². The molecule has 7 nitrogen and oxygen atoms in total. The van der Waals surface area contributed by atoms with Crippen LogP contribution in [-0.4, -0.2) is 57.2 Å². The summed E-state index contributed by atoms with van der Waals surface area (Å²) in [6.07, 6.45) is 1.36. The number of methoxy groups -OCH3 is 1. The first-order valence-corrected chi connectivity index (χ1v) is 9.78. The number of ether oxygens (including phenoxy) is 1. The average Bonchev–Trinajstić information content (AvgIpc) is 2.61. The summed E-state index contributed by atoms with van der Waals surface area (Å²) in [7, 11) is 1.11. The number of rotatable bonds is 6. The van der Waals surface area contributed by atoms with E-state index in [4.69, 9.17) is 4.74 Å². The molecule has 1 aliphatic heterocycles. The van der Waals surface area contributed by atoms with Crippen LogP contribution in [0.15, 0.2) is 24.3 Å². The Kier molecular flexibility index (Phi) is 6.42. The maximum absolute atomic E-state index is 12.6. The zero-order chi connectivity index (χ0) is 18.6. The fraction of sp³-hybridized carbons (Fsp3) is 0.588. The highest BCUT2D eigenvalue weighted by Gasteiger charge is 2.34. The van der Waals surface area contributed by atoms with Crippen molar-refractivity contribution in [3.8, 4) is 5.75 Å². The number of hydrogen-bond acceptors (Lipinski definition) is 4. The normalized spacial score (nSPS) is 20.3. The van der Waals surface area contributed by atoms with Crippen molar-refractivity contribution in [2.75, 3.05) is 34.3 Å². The van der Waals surface area contributed by atoms with E-state index in [0.717, 1.165) is 11.3 Å². The lowest BCUT2D eigenvalue weighted by Gasteiger charge is -2.33. The molecule has 1 aliphatic rings. The number of nitrogens with zero attached hydrogens (tertiary/aromatic N) is 2. The van der Waals surface area contributed by atoms with Crippen molar-refractivity contribution in [2.45, 2.75) is 25.8 Å². The molecule has 1 aromatic carbocycles. The van der Waals surface area contributed by atoms with E-state index in [-0.39, 0.29) is 24.4 Å². The molecule has 1 fully saturated rings. The molecular formula is C17H27N3O4S. The Bertz CT molecular complexity index is 706. The van der Waals surface area contributed by atoms with Crippen LogP contribution >= 0.6 is 0 Å². The predicted molar refractivity (Wildman–Crippen MR) is 96.5 cm³/mol. The van der Waals surface area contributed by atoms with Gasteiger partial charge in [0.2, 0.25) is 5.91 Å². The molecule has 140 valence electrons. The Morgan fingerprint density at radius 2 is 2.04 bits per heavy atom. The molecule has 25 heavy (non-hydrogen) atoms. The van der Waals surface area contributed by atoms with Gasteiger partial charge in [0.15, 0.2) is 0 Å². The first-order valence-electron chi connectivity index (χ1n) is 8.38. The second-order valence-electron chi connectivity index (χ2n) is 6.46. The predicted octanol–water partition coefficient (Wildman–Crippen LogP) is 1.39. The van der Waals surface area contributed by atoms with Gasteiger partial charge in [0, 0.05) is 32.7 Å². The quantitative estimate of drug-likeness (QED) is 0.822. The lowest BCUT2D eigenvalue weighted by atomic mass is 9.97. The van der Waals surface area contributed by atoms with Gasteiger partial charge in [0.25, 0.3) is 10.2 Å². The molecule has 2 atom stereocenters. The van der Waals surface area contributed by atoms with Crippen LogP contribution < -0.4 is 10.1 Å². The van der Waals surface area contributed by atoms with E-state index in [1.807, 2.05) is 31.2 Å². The van der Waals surface area contributed by atoms with Crippen LogP contribution in [0.4, 0.5) is 0 Å². The van der Waals surface area contributed by atoms with E-state index in [0.29, 0.717) is 19.4 Å². The Balaban J connectivity index is 2.05. The van der Waals surface area contributed by atoms with Crippen molar-refractivity contribution in [1.82, 2.24) is 13.9 Å². The number of para-hydroxylation sites is 1. The molecule has 1 amide bonds. The van der Waals surface area contributed by atoms with E-state index < -0.39 is 10.2 Å². The lowest BCUT2D eigenvalue weighted by molar-refractivity contribution is -0.126. The molecule has 0 spiro atoms. The molecule has 1 aromatic rings. The molecule has 0 unspecified atom stereocenters. The molecule has 0 aliphatic carbocycles. The Morgan fingerprint density at radius 1 is 1.36 bits per heavy atom. The maximum Gasteiger partial charge on any atom is 0.281 e. The largest absolute Gasteiger partial charge is 0.496 e. The van der Waals surface area contributed by atoms with Gasteiger partial charge in [0.1, 0.15) is 5.75 Å². The highest BCUT2D eigenvalue weighted by molar-refractivity contribution is 7.86. The monoisotopic (exact) mass is 369 g/mol. The van der Waals surface area contributed by atoms with Gasteiger partial charge >= 0.3 is 0 Å². The molecule has 1 N–H and O–H groups in total. The minimum Gasteiger partial charge on any atom is -0.496 e. The standard InChI is InChI=1S/C17H27N3O4S/c1-13(15-9-5-6-10-16(15)24-4)18-17(21)14-8-7-11-20(12-14)25(22,23)19(2)3/h5-6,9-10,13-14H,7-8,11-12H2,1-4H3,(H,18,21)/t13-,14+/m1/s1. The SMILES string of the molecule is COc1ccccc1[C@@H](C)NC(=O)[C@H]1CCCN(S(=O)(=O)N(C)C)C1. The van der Waals surface area contributed by atoms with Crippen LogP contribution in [0.25, 0.3) is 0 Å². The zero-order valence-electron chi connectivity index (χ0n) is 15.2. The maximum atomic E-state index is 12.6. The summed E-state index contributed by atoms with van der Waals surface area (Å²) >= 11 is 0. The third kappa shape index (κ3) is 4.50. The summed E-state index contributed by atoms with van der Waals surface area (Å²) in [5.41, 5.74) is 0.895. The number of carbonyl (C=O) groups is 1. The van der Waals surface area contributed by atoms with Crippen molar-refractivity contribution in [2.24, 2.45) is 5.92 Å². The van der Waals surface area contributed by atoms with Crippen LogP contribution in [0.5, 0.6) is 5.75 Å². The van der Waals surface area contributed by atoms with Crippen molar-refractivity contribution >= 4 is 16.1 Å². The van der Waals surface area contributed by atoms with E-state index in [2.05, 4.69) is 5.32 Å². The number of benzene rings is 1. The topological polar surface area (TPSA) is 79.0 Å². The van der Waals surface area contributed by atoms with Crippen LogP contribution in [-0.2, 0) is 15.0 Å². The van der Waals surface area contributed by atoms with Crippen LogP contribution in [0.2, 0.25) is 0 Å². The Morgan fingerprint density at radius 3 is 2.68 bits per heavy atom. The summed E-state index contributed by atoms with van der Waals surface area (Å²) in [5, 5.41) is 2.99. The zero-order valence-corrected chi connectivity index (χ0v) is 16.0. The van der Waals surface area contributed by atoms with Gasteiger partial charge in [-0.15, -0.1) is 0 Å². The fourth-order valence-corrected chi connectivity index (χ4v) is 4.22. The van der Waals surface area contributed by atoms with Crippen LogP contribution in [0.1, 0.15) is 31.4 Å². The molecule has 2 rings (SSSR count). The molecule has 1 heterocycles. The van der Waals surface area contributed by atoms with Gasteiger partial charge in [-0.3, -0.25) is 4.79 Å². The van der Waals surface area contributed by atoms with Crippen molar-refractivity contribution in [1.29, 1.82) is 0 Å². The Hall–Kier alpha value is -1.64. The summed E-state index contributed by atoms with van der Waals surface area (Å²) in [5.74, 6) is 0.244. The number of carbonyl (C=O) groups excluding carboxylic acids is 1.